The van der Waals surface area contributed by atoms with Crippen molar-refractivity contribution < 1.29 is 9.32 Å². The number of imidazole rings is 1. The van der Waals surface area contributed by atoms with Crippen LogP contribution in [0.2, 0.25) is 0 Å². The third kappa shape index (κ3) is 3.72. The first-order valence-corrected chi connectivity index (χ1v) is 10.2. The van der Waals surface area contributed by atoms with Crippen molar-refractivity contribution in [3.8, 4) is 11.3 Å². The predicted molar refractivity (Wildman–Crippen MR) is 115 cm³/mol. The second-order valence-electron chi connectivity index (χ2n) is 7.91. The Morgan fingerprint density at radius 2 is 2.13 bits per heavy atom. The molecule has 3 heterocycles. The van der Waals surface area contributed by atoms with Gasteiger partial charge in [0.1, 0.15) is 0 Å². The number of hydrogen-bond donors (Lipinski definition) is 1. The summed E-state index contributed by atoms with van der Waals surface area (Å²) in [6.07, 6.45) is 7.58. The summed E-state index contributed by atoms with van der Waals surface area (Å²) in [5, 5.41) is 8.02. The standard InChI is InChI=1S/C23H22N6O2/c1-13-21(27-22(25-13)20(30)7-4-15-11-24-29(3)12-15)17-6-5-16-8-19(10-18(16)9-17)23-26-14(2)28-31-23/h5-6,9-12H,4,7-8H2,1-3H3,(H,25,27). The van der Waals surface area contributed by atoms with Crippen molar-refractivity contribution in [1.82, 2.24) is 29.9 Å². The summed E-state index contributed by atoms with van der Waals surface area (Å²) in [4.78, 5) is 24.8. The maximum Gasteiger partial charge on any atom is 0.254 e. The molecule has 0 saturated carbocycles. The van der Waals surface area contributed by atoms with Crippen LogP contribution in [-0.4, -0.2) is 35.7 Å². The van der Waals surface area contributed by atoms with Gasteiger partial charge in [-0.15, -0.1) is 0 Å². The predicted octanol–water partition coefficient (Wildman–Crippen LogP) is 3.72. The Labute approximate surface area is 179 Å². The number of ketones is 1. The Morgan fingerprint density at radius 1 is 1.26 bits per heavy atom. The van der Waals surface area contributed by atoms with Crippen LogP contribution >= 0.6 is 0 Å². The monoisotopic (exact) mass is 414 g/mol. The van der Waals surface area contributed by atoms with E-state index in [2.05, 4.69) is 43.4 Å². The number of hydrogen-bond acceptors (Lipinski definition) is 6. The van der Waals surface area contributed by atoms with Gasteiger partial charge in [0.2, 0.25) is 0 Å². The zero-order valence-electron chi connectivity index (χ0n) is 17.6. The number of aromatic amines is 1. The number of aromatic nitrogens is 6. The topological polar surface area (TPSA) is 102 Å². The van der Waals surface area contributed by atoms with E-state index in [0.717, 1.165) is 40.1 Å². The molecule has 3 aromatic heterocycles. The van der Waals surface area contributed by atoms with E-state index in [4.69, 9.17) is 4.52 Å². The molecule has 8 heteroatoms. The summed E-state index contributed by atoms with van der Waals surface area (Å²) in [6.45, 7) is 3.75. The average Bonchev–Trinajstić information content (AvgIpc) is 3.52. The molecule has 5 rings (SSSR count). The Bertz CT molecular complexity index is 1320. The maximum absolute atomic E-state index is 12.7. The molecule has 1 N–H and O–H groups in total. The van der Waals surface area contributed by atoms with E-state index < -0.39 is 0 Å². The molecule has 0 amide bonds. The van der Waals surface area contributed by atoms with Crippen LogP contribution in [0.5, 0.6) is 0 Å². The molecule has 0 aliphatic heterocycles. The van der Waals surface area contributed by atoms with E-state index >= 15 is 0 Å². The van der Waals surface area contributed by atoms with E-state index in [9.17, 15) is 4.79 Å². The largest absolute Gasteiger partial charge is 0.339 e. The van der Waals surface area contributed by atoms with Gasteiger partial charge in [0.15, 0.2) is 17.4 Å². The second kappa shape index (κ2) is 7.46. The molecule has 0 unspecified atom stereocenters. The van der Waals surface area contributed by atoms with Crippen LogP contribution in [0, 0.1) is 13.8 Å². The summed E-state index contributed by atoms with van der Waals surface area (Å²) < 4.78 is 7.05. The van der Waals surface area contributed by atoms with Gasteiger partial charge in [-0.25, -0.2) is 4.98 Å². The number of nitrogens with one attached hydrogen (secondary N) is 1. The summed E-state index contributed by atoms with van der Waals surface area (Å²) in [6, 6.07) is 6.23. The molecule has 156 valence electrons. The molecular weight excluding hydrogens is 392 g/mol. The molecular formula is C23H22N6O2. The summed E-state index contributed by atoms with van der Waals surface area (Å²) in [7, 11) is 1.87. The first-order valence-electron chi connectivity index (χ1n) is 10.2. The fourth-order valence-corrected chi connectivity index (χ4v) is 3.90. The number of aryl methyl sites for hydroxylation is 4. The Kier molecular flexibility index (Phi) is 4.62. The Hall–Kier alpha value is -3.81. The minimum Gasteiger partial charge on any atom is -0.339 e. The van der Waals surface area contributed by atoms with Crippen molar-refractivity contribution in [1.29, 1.82) is 0 Å². The fraction of sp³-hybridized carbons (Fsp3) is 0.261. The van der Waals surface area contributed by atoms with Gasteiger partial charge in [0, 0.05) is 42.9 Å². The molecule has 0 atom stereocenters. The molecule has 1 aliphatic rings. The second-order valence-corrected chi connectivity index (χ2v) is 7.91. The third-order valence-electron chi connectivity index (χ3n) is 5.48. The molecule has 4 aromatic rings. The van der Waals surface area contributed by atoms with E-state index in [0.29, 0.717) is 30.4 Å². The lowest BCUT2D eigenvalue weighted by Crippen LogP contribution is -2.03. The normalized spacial score (nSPS) is 12.8. The van der Waals surface area contributed by atoms with Gasteiger partial charge in [0.05, 0.1) is 11.9 Å². The van der Waals surface area contributed by atoms with Gasteiger partial charge in [-0.2, -0.15) is 10.1 Å². The molecule has 0 radical (unpaired) electrons. The molecule has 0 spiro atoms. The number of rotatable bonds is 6. The quantitative estimate of drug-likeness (QED) is 0.483. The minimum atomic E-state index is -0.00620. The number of Topliss-reactive ketones (excluding diaryl/α,β-unsaturated/α-hetero) is 1. The van der Waals surface area contributed by atoms with Crippen LogP contribution in [0.3, 0.4) is 0 Å². The van der Waals surface area contributed by atoms with Crippen LogP contribution in [-0.2, 0) is 19.9 Å². The molecule has 8 nitrogen and oxygen atoms in total. The van der Waals surface area contributed by atoms with Crippen molar-refractivity contribution in [2.45, 2.75) is 33.1 Å². The van der Waals surface area contributed by atoms with Crippen molar-refractivity contribution in [3.63, 3.8) is 0 Å². The van der Waals surface area contributed by atoms with Gasteiger partial charge < -0.3 is 9.51 Å². The molecule has 0 bridgehead atoms. The van der Waals surface area contributed by atoms with E-state index in [1.54, 1.807) is 10.9 Å². The van der Waals surface area contributed by atoms with Gasteiger partial charge in [-0.05, 0) is 49.1 Å². The number of carbonyl (C=O) groups excluding carboxylic acids is 1. The zero-order valence-corrected chi connectivity index (χ0v) is 17.6. The van der Waals surface area contributed by atoms with Crippen molar-refractivity contribution >= 4 is 17.4 Å². The number of benzene rings is 1. The molecule has 1 aliphatic carbocycles. The van der Waals surface area contributed by atoms with Crippen LogP contribution in [0.15, 0.2) is 35.1 Å². The van der Waals surface area contributed by atoms with Gasteiger partial charge in [-0.3, -0.25) is 9.48 Å². The van der Waals surface area contributed by atoms with E-state index in [1.807, 2.05) is 33.2 Å². The fourth-order valence-electron chi connectivity index (χ4n) is 3.90. The Balaban J connectivity index is 1.36. The summed E-state index contributed by atoms with van der Waals surface area (Å²) >= 11 is 0. The molecule has 0 saturated heterocycles. The molecule has 1 aromatic carbocycles. The minimum absolute atomic E-state index is 0.00620. The van der Waals surface area contributed by atoms with Gasteiger partial charge in [-0.1, -0.05) is 17.3 Å². The van der Waals surface area contributed by atoms with Crippen LogP contribution < -0.4 is 0 Å². The van der Waals surface area contributed by atoms with E-state index in [1.165, 1.54) is 5.56 Å². The number of nitrogens with zero attached hydrogens (tertiary/aromatic N) is 5. The van der Waals surface area contributed by atoms with Gasteiger partial charge >= 0.3 is 0 Å². The van der Waals surface area contributed by atoms with Crippen LogP contribution in [0.1, 0.15) is 51.1 Å². The third-order valence-corrected chi connectivity index (χ3v) is 5.48. The van der Waals surface area contributed by atoms with Gasteiger partial charge in [0.25, 0.3) is 5.89 Å². The van der Waals surface area contributed by atoms with Crippen molar-refractivity contribution in [2.75, 3.05) is 0 Å². The number of fused-ring (bicyclic) bond motifs is 1. The highest BCUT2D eigenvalue weighted by molar-refractivity contribution is 5.94. The van der Waals surface area contributed by atoms with Crippen molar-refractivity contribution in [3.05, 3.63) is 70.5 Å². The zero-order chi connectivity index (χ0) is 21.5. The number of allylic oxidation sites excluding steroid dienone is 1. The van der Waals surface area contributed by atoms with Crippen molar-refractivity contribution in [2.24, 2.45) is 7.05 Å². The Morgan fingerprint density at radius 3 is 2.87 bits per heavy atom. The maximum atomic E-state index is 12.7. The smallest absolute Gasteiger partial charge is 0.254 e. The lowest BCUT2D eigenvalue weighted by atomic mass is 10.0. The highest BCUT2D eigenvalue weighted by Crippen LogP contribution is 2.34. The summed E-state index contributed by atoms with van der Waals surface area (Å²) in [5.41, 5.74) is 7.00. The number of carbonyl (C=O) groups is 1. The average molecular weight is 414 g/mol. The SMILES string of the molecule is Cc1noc(C2=Cc3cc(-c4nc(C(=O)CCc5cnn(C)c5)[nH]c4C)ccc3C2)n1. The molecule has 31 heavy (non-hydrogen) atoms. The lowest BCUT2D eigenvalue weighted by Gasteiger charge is -2.03. The van der Waals surface area contributed by atoms with E-state index in [-0.39, 0.29) is 5.78 Å². The van der Waals surface area contributed by atoms with Crippen LogP contribution in [0.4, 0.5) is 0 Å². The highest BCUT2D eigenvalue weighted by Gasteiger charge is 2.21. The number of H-pyrrole nitrogens is 1. The first kappa shape index (κ1) is 19.2. The first-order chi connectivity index (χ1) is 15.0. The van der Waals surface area contributed by atoms with Crippen LogP contribution in [0.25, 0.3) is 22.9 Å². The lowest BCUT2D eigenvalue weighted by molar-refractivity contribution is 0.0973. The highest BCUT2D eigenvalue weighted by atomic mass is 16.5. The summed E-state index contributed by atoms with van der Waals surface area (Å²) in [5.74, 6) is 1.58. The molecule has 0 fully saturated rings.